The van der Waals surface area contributed by atoms with Gasteiger partial charge in [0.05, 0.1) is 28.9 Å². The lowest BCUT2D eigenvalue weighted by Crippen LogP contribution is -2.25. The Kier molecular flexibility index (Phi) is 5.63. The molecule has 0 saturated carbocycles. The molecule has 0 radical (unpaired) electrons. The normalized spacial score (nSPS) is 10.3. The van der Waals surface area contributed by atoms with E-state index >= 15 is 0 Å². The van der Waals surface area contributed by atoms with Gasteiger partial charge in [0.2, 0.25) is 5.91 Å². The van der Waals surface area contributed by atoms with Crippen LogP contribution in [0.4, 0.5) is 0 Å². The molecule has 0 aliphatic rings. The number of carbonyl (C=O) groups is 1. The monoisotopic (exact) mass is 245 g/mol. The quantitative estimate of drug-likeness (QED) is 0.827. The molecule has 0 saturated heterocycles. The van der Waals surface area contributed by atoms with Gasteiger partial charge in [-0.2, -0.15) is 8.75 Å². The van der Waals surface area contributed by atoms with Crippen molar-refractivity contribution in [1.82, 2.24) is 14.1 Å². The van der Waals surface area contributed by atoms with Crippen LogP contribution in [-0.4, -0.2) is 27.0 Å². The standard InChI is InChI=1S/C9H15N3OS2/c1-3-4-10-9(13)6-14-5-8-7(2)11-15-12-8/h3-6H2,1-2H3,(H,10,13). The van der Waals surface area contributed by atoms with E-state index in [9.17, 15) is 4.79 Å². The molecule has 0 aromatic carbocycles. The number of nitrogens with zero attached hydrogens (tertiary/aromatic N) is 2. The van der Waals surface area contributed by atoms with E-state index < -0.39 is 0 Å². The molecular formula is C9H15N3OS2. The van der Waals surface area contributed by atoms with Crippen molar-refractivity contribution in [1.29, 1.82) is 0 Å². The van der Waals surface area contributed by atoms with E-state index in [4.69, 9.17) is 0 Å². The average Bonchev–Trinajstić information content (AvgIpc) is 2.61. The summed E-state index contributed by atoms with van der Waals surface area (Å²) in [5.74, 6) is 1.36. The second kappa shape index (κ2) is 6.79. The summed E-state index contributed by atoms with van der Waals surface area (Å²) in [6.45, 7) is 4.74. The summed E-state index contributed by atoms with van der Waals surface area (Å²) < 4.78 is 8.23. The van der Waals surface area contributed by atoms with Gasteiger partial charge >= 0.3 is 0 Å². The van der Waals surface area contributed by atoms with E-state index in [1.165, 1.54) is 11.7 Å². The molecule has 6 heteroatoms. The first-order valence-corrected chi connectivity index (χ1v) is 6.75. The highest BCUT2D eigenvalue weighted by atomic mass is 32.2. The molecule has 0 atom stereocenters. The zero-order valence-corrected chi connectivity index (χ0v) is 10.6. The SMILES string of the molecule is CCCNC(=O)CSCc1nsnc1C. The summed E-state index contributed by atoms with van der Waals surface area (Å²) in [4.78, 5) is 11.2. The Morgan fingerprint density at radius 3 is 2.93 bits per heavy atom. The van der Waals surface area contributed by atoms with E-state index in [2.05, 4.69) is 14.1 Å². The lowest BCUT2D eigenvalue weighted by molar-refractivity contribution is -0.118. The molecule has 0 aliphatic heterocycles. The summed E-state index contributed by atoms with van der Waals surface area (Å²) in [7, 11) is 0. The van der Waals surface area contributed by atoms with Gasteiger partial charge in [-0.15, -0.1) is 11.8 Å². The fraction of sp³-hybridized carbons (Fsp3) is 0.667. The molecule has 0 aliphatic carbocycles. The molecule has 0 spiro atoms. The van der Waals surface area contributed by atoms with E-state index in [0.717, 1.165) is 30.1 Å². The summed E-state index contributed by atoms with van der Waals surface area (Å²) in [6, 6.07) is 0. The van der Waals surface area contributed by atoms with Crippen LogP contribution in [0.1, 0.15) is 24.7 Å². The maximum atomic E-state index is 11.2. The third-order valence-corrected chi connectivity index (χ3v) is 3.39. The van der Waals surface area contributed by atoms with Crippen LogP contribution < -0.4 is 5.32 Å². The number of hydrogen-bond donors (Lipinski definition) is 1. The van der Waals surface area contributed by atoms with E-state index in [-0.39, 0.29) is 5.91 Å². The van der Waals surface area contributed by atoms with Crippen molar-refractivity contribution in [2.75, 3.05) is 12.3 Å². The number of carbonyl (C=O) groups excluding carboxylic acids is 1. The fourth-order valence-corrected chi connectivity index (χ4v) is 2.44. The Hall–Kier alpha value is -0.620. The van der Waals surface area contributed by atoms with Crippen LogP contribution in [0.3, 0.4) is 0 Å². The number of rotatable bonds is 6. The van der Waals surface area contributed by atoms with Crippen LogP contribution in [0.5, 0.6) is 0 Å². The number of amides is 1. The molecular weight excluding hydrogens is 230 g/mol. The van der Waals surface area contributed by atoms with Gasteiger partial charge in [-0.05, 0) is 13.3 Å². The molecule has 0 unspecified atom stereocenters. The Bertz CT molecular complexity index is 314. The third kappa shape index (κ3) is 4.61. The van der Waals surface area contributed by atoms with Crippen molar-refractivity contribution in [2.45, 2.75) is 26.0 Å². The Labute approximate surface area is 98.2 Å². The number of thioether (sulfide) groups is 1. The van der Waals surface area contributed by atoms with Gasteiger partial charge < -0.3 is 5.32 Å². The number of nitrogens with one attached hydrogen (secondary N) is 1. The van der Waals surface area contributed by atoms with Crippen LogP contribution in [0.2, 0.25) is 0 Å². The van der Waals surface area contributed by atoms with E-state index in [0.29, 0.717) is 5.75 Å². The second-order valence-corrected chi connectivity index (χ2v) is 4.65. The zero-order chi connectivity index (χ0) is 11.1. The maximum Gasteiger partial charge on any atom is 0.230 e. The Balaban J connectivity index is 2.16. The summed E-state index contributed by atoms with van der Waals surface area (Å²) in [5.41, 5.74) is 1.97. The largest absolute Gasteiger partial charge is 0.355 e. The number of aromatic nitrogens is 2. The van der Waals surface area contributed by atoms with Crippen LogP contribution in [0, 0.1) is 6.92 Å². The van der Waals surface area contributed by atoms with E-state index in [1.807, 2.05) is 13.8 Å². The van der Waals surface area contributed by atoms with Crippen molar-refractivity contribution in [3.63, 3.8) is 0 Å². The zero-order valence-electron chi connectivity index (χ0n) is 8.95. The predicted octanol–water partition coefficient (Wildman–Crippen LogP) is 1.61. The predicted molar refractivity (Wildman–Crippen MR) is 64.1 cm³/mol. The maximum absolute atomic E-state index is 11.2. The molecule has 1 aromatic rings. The van der Waals surface area contributed by atoms with Crippen LogP contribution >= 0.6 is 23.5 Å². The van der Waals surface area contributed by atoms with Gasteiger partial charge in [0.15, 0.2) is 0 Å². The van der Waals surface area contributed by atoms with Crippen molar-refractivity contribution in [2.24, 2.45) is 0 Å². The van der Waals surface area contributed by atoms with Crippen molar-refractivity contribution < 1.29 is 4.79 Å². The highest BCUT2D eigenvalue weighted by molar-refractivity contribution is 7.99. The fourth-order valence-electron chi connectivity index (χ4n) is 0.936. The van der Waals surface area contributed by atoms with Gasteiger partial charge in [0.25, 0.3) is 0 Å². The smallest absolute Gasteiger partial charge is 0.230 e. The molecule has 1 aromatic heterocycles. The molecule has 0 fully saturated rings. The first-order chi connectivity index (χ1) is 7.24. The lowest BCUT2D eigenvalue weighted by atomic mass is 10.4. The van der Waals surface area contributed by atoms with Gasteiger partial charge in [-0.1, -0.05) is 6.92 Å². The Morgan fingerprint density at radius 1 is 1.53 bits per heavy atom. The van der Waals surface area contributed by atoms with Gasteiger partial charge in [0.1, 0.15) is 0 Å². The molecule has 84 valence electrons. The molecule has 4 nitrogen and oxygen atoms in total. The molecule has 1 N–H and O–H groups in total. The summed E-state index contributed by atoms with van der Waals surface area (Å²) in [5, 5.41) is 2.83. The van der Waals surface area contributed by atoms with Gasteiger partial charge in [-0.3, -0.25) is 4.79 Å². The van der Waals surface area contributed by atoms with Crippen LogP contribution in [0.15, 0.2) is 0 Å². The molecule has 15 heavy (non-hydrogen) atoms. The minimum absolute atomic E-state index is 0.0997. The first-order valence-electron chi connectivity index (χ1n) is 4.86. The van der Waals surface area contributed by atoms with Crippen LogP contribution in [-0.2, 0) is 10.5 Å². The minimum atomic E-state index is 0.0997. The van der Waals surface area contributed by atoms with Crippen molar-refractivity contribution in [3.8, 4) is 0 Å². The summed E-state index contributed by atoms with van der Waals surface area (Å²) >= 11 is 2.80. The molecule has 0 bridgehead atoms. The average molecular weight is 245 g/mol. The van der Waals surface area contributed by atoms with Gasteiger partial charge in [-0.25, -0.2) is 0 Å². The highest BCUT2D eigenvalue weighted by Gasteiger charge is 2.05. The second-order valence-electron chi connectivity index (χ2n) is 3.14. The van der Waals surface area contributed by atoms with E-state index in [1.54, 1.807) is 11.8 Å². The van der Waals surface area contributed by atoms with Gasteiger partial charge in [0, 0.05) is 12.3 Å². The molecule has 1 rings (SSSR count). The first kappa shape index (κ1) is 12.4. The lowest BCUT2D eigenvalue weighted by Gasteiger charge is -2.02. The highest BCUT2D eigenvalue weighted by Crippen LogP contribution is 2.13. The molecule has 1 amide bonds. The number of aryl methyl sites for hydroxylation is 1. The van der Waals surface area contributed by atoms with Crippen molar-refractivity contribution in [3.05, 3.63) is 11.4 Å². The molecule has 1 heterocycles. The third-order valence-electron chi connectivity index (χ3n) is 1.79. The van der Waals surface area contributed by atoms with Crippen molar-refractivity contribution >= 4 is 29.4 Å². The summed E-state index contributed by atoms with van der Waals surface area (Å²) in [6.07, 6.45) is 0.978. The number of hydrogen-bond acceptors (Lipinski definition) is 5. The topological polar surface area (TPSA) is 54.9 Å². The Morgan fingerprint density at radius 2 is 2.33 bits per heavy atom. The minimum Gasteiger partial charge on any atom is -0.355 e. The van der Waals surface area contributed by atoms with Crippen LogP contribution in [0.25, 0.3) is 0 Å².